The molecule has 6 aromatic carbocycles. The molecule has 0 saturated heterocycles. The molecular formula is C36H21N3O. The van der Waals surface area contributed by atoms with Gasteiger partial charge in [-0.3, -0.25) is 4.57 Å². The van der Waals surface area contributed by atoms with Crippen LogP contribution >= 0.6 is 0 Å². The molecule has 3 aromatic heterocycles. The predicted molar refractivity (Wildman–Crippen MR) is 164 cm³/mol. The minimum atomic E-state index is 0.678. The van der Waals surface area contributed by atoms with Gasteiger partial charge in [0.05, 0.1) is 11.0 Å². The maximum absolute atomic E-state index is 6.53. The molecule has 0 spiro atoms. The second-order valence-corrected chi connectivity index (χ2v) is 10.2. The summed E-state index contributed by atoms with van der Waals surface area (Å²) in [7, 11) is 0. The van der Waals surface area contributed by atoms with Gasteiger partial charge in [0.15, 0.2) is 17.2 Å². The molecule has 0 amide bonds. The fourth-order valence-corrected chi connectivity index (χ4v) is 6.15. The molecule has 4 nitrogen and oxygen atoms in total. The molecule has 0 fully saturated rings. The highest BCUT2D eigenvalue weighted by Gasteiger charge is 2.22. The third-order valence-electron chi connectivity index (χ3n) is 7.98. The van der Waals surface area contributed by atoms with Crippen molar-refractivity contribution in [2.24, 2.45) is 0 Å². The summed E-state index contributed by atoms with van der Waals surface area (Å²) in [6.45, 7) is 0. The Morgan fingerprint density at radius 1 is 0.500 bits per heavy atom. The average Bonchev–Trinajstić information content (AvgIpc) is 3.55. The Morgan fingerprint density at radius 2 is 1.18 bits per heavy atom. The second-order valence-electron chi connectivity index (χ2n) is 10.2. The molecule has 0 atom stereocenters. The topological polar surface area (TPSA) is 43.9 Å². The van der Waals surface area contributed by atoms with E-state index in [1.807, 2.05) is 18.2 Å². The molecule has 0 aliphatic heterocycles. The Balaban J connectivity index is 1.48. The number of nitrogens with zero attached hydrogens (tertiary/aromatic N) is 3. The van der Waals surface area contributed by atoms with Gasteiger partial charge in [-0.1, -0.05) is 97.1 Å². The summed E-state index contributed by atoms with van der Waals surface area (Å²) < 4.78 is 8.77. The second kappa shape index (κ2) is 8.01. The maximum atomic E-state index is 6.53. The van der Waals surface area contributed by atoms with Crippen LogP contribution < -0.4 is 0 Å². The van der Waals surface area contributed by atoms with Crippen LogP contribution in [0.4, 0.5) is 0 Å². The number of benzene rings is 6. The molecule has 0 aliphatic carbocycles. The van der Waals surface area contributed by atoms with Crippen molar-refractivity contribution in [3.63, 3.8) is 0 Å². The monoisotopic (exact) mass is 511 g/mol. The Labute approximate surface area is 228 Å². The van der Waals surface area contributed by atoms with Crippen LogP contribution in [-0.2, 0) is 0 Å². The largest absolute Gasteiger partial charge is 0.450 e. The first-order chi connectivity index (χ1) is 19.8. The Hall–Kier alpha value is -5.48. The van der Waals surface area contributed by atoms with Crippen molar-refractivity contribution in [3.8, 4) is 17.2 Å². The molecule has 0 aliphatic rings. The molecule has 0 radical (unpaired) electrons. The van der Waals surface area contributed by atoms with E-state index in [0.29, 0.717) is 11.4 Å². The third-order valence-corrected chi connectivity index (χ3v) is 7.98. The fourth-order valence-electron chi connectivity index (χ4n) is 6.15. The van der Waals surface area contributed by atoms with Crippen LogP contribution in [-0.4, -0.2) is 14.5 Å². The van der Waals surface area contributed by atoms with E-state index in [-0.39, 0.29) is 0 Å². The lowest BCUT2D eigenvalue weighted by atomic mass is 10.0. The average molecular weight is 512 g/mol. The minimum absolute atomic E-state index is 0.678. The molecule has 40 heavy (non-hydrogen) atoms. The van der Waals surface area contributed by atoms with Gasteiger partial charge < -0.3 is 4.42 Å². The van der Waals surface area contributed by atoms with Gasteiger partial charge in [0.1, 0.15) is 11.1 Å². The fraction of sp³-hybridized carbons (Fsp3) is 0. The number of aromatic nitrogens is 3. The van der Waals surface area contributed by atoms with E-state index < -0.39 is 0 Å². The van der Waals surface area contributed by atoms with Crippen LogP contribution in [0.1, 0.15) is 0 Å². The number of fused-ring (bicyclic) bond motifs is 8. The highest BCUT2D eigenvalue weighted by Crippen LogP contribution is 2.39. The molecule has 186 valence electrons. The first-order valence-corrected chi connectivity index (χ1v) is 13.4. The van der Waals surface area contributed by atoms with Crippen molar-refractivity contribution in [1.29, 1.82) is 0 Å². The Morgan fingerprint density at radius 3 is 2.05 bits per heavy atom. The van der Waals surface area contributed by atoms with Gasteiger partial charge in [0.2, 0.25) is 0 Å². The van der Waals surface area contributed by atoms with Crippen molar-refractivity contribution >= 4 is 65.4 Å². The number of hydrogen-bond acceptors (Lipinski definition) is 3. The van der Waals surface area contributed by atoms with Gasteiger partial charge >= 0.3 is 0 Å². The van der Waals surface area contributed by atoms with Gasteiger partial charge in [-0.25, -0.2) is 9.97 Å². The van der Waals surface area contributed by atoms with E-state index in [1.165, 1.54) is 21.5 Å². The van der Waals surface area contributed by atoms with Gasteiger partial charge in [0.25, 0.3) is 0 Å². The SMILES string of the molecule is c1ccc2cc3c(cc2c1)c1ccccc1n3-c1nc(-c2cccc3ccccc23)nc2c1oc1ccccc12. The summed E-state index contributed by atoms with van der Waals surface area (Å²) in [5.41, 5.74) is 5.46. The number of para-hydroxylation sites is 2. The smallest absolute Gasteiger partial charge is 0.197 e. The lowest BCUT2D eigenvalue weighted by Crippen LogP contribution is -2.02. The number of hydrogen-bond donors (Lipinski definition) is 0. The zero-order valence-electron chi connectivity index (χ0n) is 21.4. The summed E-state index contributed by atoms with van der Waals surface area (Å²) in [6.07, 6.45) is 0. The number of furan rings is 1. The normalized spacial score (nSPS) is 12.0. The zero-order valence-corrected chi connectivity index (χ0v) is 21.4. The Kier molecular flexibility index (Phi) is 4.30. The molecule has 9 rings (SSSR count). The van der Waals surface area contributed by atoms with E-state index in [1.54, 1.807) is 0 Å². The first kappa shape index (κ1) is 21.5. The maximum Gasteiger partial charge on any atom is 0.197 e. The molecule has 0 N–H and O–H groups in total. The van der Waals surface area contributed by atoms with E-state index in [9.17, 15) is 0 Å². The van der Waals surface area contributed by atoms with Crippen LogP contribution in [0, 0.1) is 0 Å². The van der Waals surface area contributed by atoms with Crippen molar-refractivity contribution in [1.82, 2.24) is 14.5 Å². The van der Waals surface area contributed by atoms with E-state index in [2.05, 4.69) is 114 Å². The highest BCUT2D eigenvalue weighted by atomic mass is 16.3. The molecule has 9 aromatic rings. The lowest BCUT2D eigenvalue weighted by molar-refractivity contribution is 0.662. The van der Waals surface area contributed by atoms with Crippen LogP contribution in [0.15, 0.2) is 132 Å². The molecule has 0 unspecified atom stereocenters. The highest BCUT2D eigenvalue weighted by molar-refractivity contribution is 6.15. The summed E-state index contributed by atoms with van der Waals surface area (Å²) in [6, 6.07) is 44.4. The molecule has 4 heteroatoms. The summed E-state index contributed by atoms with van der Waals surface area (Å²) >= 11 is 0. The van der Waals surface area contributed by atoms with Gasteiger partial charge in [-0.2, -0.15) is 0 Å². The molecule has 0 bridgehead atoms. The quantitative estimate of drug-likeness (QED) is 0.232. The van der Waals surface area contributed by atoms with Gasteiger partial charge in [0, 0.05) is 21.7 Å². The lowest BCUT2D eigenvalue weighted by Gasteiger charge is -2.11. The summed E-state index contributed by atoms with van der Waals surface area (Å²) in [5.74, 6) is 1.42. The van der Waals surface area contributed by atoms with Gasteiger partial charge in [-0.15, -0.1) is 0 Å². The third kappa shape index (κ3) is 2.96. The van der Waals surface area contributed by atoms with Crippen molar-refractivity contribution in [2.45, 2.75) is 0 Å². The molecule has 3 heterocycles. The van der Waals surface area contributed by atoms with E-state index in [4.69, 9.17) is 14.4 Å². The number of rotatable bonds is 2. The van der Waals surface area contributed by atoms with Crippen LogP contribution in [0.3, 0.4) is 0 Å². The Bertz CT molecular complexity index is 2440. The molecular weight excluding hydrogens is 490 g/mol. The predicted octanol–water partition coefficient (Wildman–Crippen LogP) is 9.45. The zero-order chi connectivity index (χ0) is 26.2. The van der Waals surface area contributed by atoms with Crippen LogP contribution in [0.2, 0.25) is 0 Å². The molecule has 0 saturated carbocycles. The van der Waals surface area contributed by atoms with Crippen LogP contribution in [0.25, 0.3) is 82.6 Å². The van der Waals surface area contributed by atoms with E-state index in [0.717, 1.165) is 49.7 Å². The summed E-state index contributed by atoms with van der Waals surface area (Å²) in [5, 5.41) is 8.02. The minimum Gasteiger partial charge on any atom is -0.450 e. The van der Waals surface area contributed by atoms with E-state index >= 15 is 0 Å². The van der Waals surface area contributed by atoms with Crippen molar-refractivity contribution in [2.75, 3.05) is 0 Å². The summed E-state index contributed by atoms with van der Waals surface area (Å²) in [4.78, 5) is 10.4. The van der Waals surface area contributed by atoms with Gasteiger partial charge in [-0.05, 0) is 51.9 Å². The standard InChI is InChI=1S/C36H21N3O/c1-2-12-24-21-31-29(20-23(24)11-1)26-15-5-7-18-30(26)39(31)36-34-33(28-16-6-8-19-32(28)40-34)37-35(38-36)27-17-9-13-22-10-3-4-14-25(22)27/h1-21H. The van der Waals surface area contributed by atoms with Crippen LogP contribution in [0.5, 0.6) is 0 Å². The van der Waals surface area contributed by atoms with Crippen molar-refractivity contribution in [3.05, 3.63) is 127 Å². The van der Waals surface area contributed by atoms with Crippen molar-refractivity contribution < 1.29 is 4.42 Å². The first-order valence-electron chi connectivity index (χ1n) is 13.4.